The van der Waals surface area contributed by atoms with Crippen molar-refractivity contribution in [3.63, 3.8) is 0 Å². The molecule has 0 saturated carbocycles. The molecule has 2 saturated heterocycles. The van der Waals surface area contributed by atoms with Gasteiger partial charge in [0.1, 0.15) is 0 Å². The number of rotatable bonds is 1. The fourth-order valence-corrected chi connectivity index (χ4v) is 2.85. The van der Waals surface area contributed by atoms with Gasteiger partial charge >= 0.3 is 12.0 Å². The molecule has 6 nitrogen and oxygen atoms in total. The number of aliphatic carboxylic acids is 1. The number of carbonyl (C=O) groups excluding carboxylic acids is 1. The summed E-state index contributed by atoms with van der Waals surface area (Å²) in [6.07, 6.45) is 1.60. The first-order valence-corrected chi connectivity index (χ1v) is 6.47. The van der Waals surface area contributed by atoms with E-state index in [2.05, 4.69) is 0 Å². The van der Waals surface area contributed by atoms with E-state index in [-0.39, 0.29) is 12.1 Å². The highest BCUT2D eigenvalue weighted by Crippen LogP contribution is 2.26. The Balaban J connectivity index is 1.99. The van der Waals surface area contributed by atoms with Crippen LogP contribution in [0.2, 0.25) is 0 Å². The van der Waals surface area contributed by atoms with Crippen molar-refractivity contribution in [1.29, 1.82) is 0 Å². The van der Waals surface area contributed by atoms with Crippen molar-refractivity contribution in [1.82, 2.24) is 9.80 Å². The third-order valence-corrected chi connectivity index (χ3v) is 3.98. The summed E-state index contributed by atoms with van der Waals surface area (Å²) in [6.45, 7) is 3.28. The van der Waals surface area contributed by atoms with Gasteiger partial charge in [-0.15, -0.1) is 0 Å². The minimum Gasteiger partial charge on any atom is -0.481 e. The number of carbonyl (C=O) groups is 2. The highest BCUT2D eigenvalue weighted by molar-refractivity contribution is 5.78. The van der Waals surface area contributed by atoms with Crippen LogP contribution in [0, 0.1) is 5.92 Å². The largest absolute Gasteiger partial charge is 0.481 e. The van der Waals surface area contributed by atoms with Crippen molar-refractivity contribution in [3.05, 3.63) is 0 Å². The number of hydrogen-bond donors (Lipinski definition) is 2. The van der Waals surface area contributed by atoms with Gasteiger partial charge in [-0.25, -0.2) is 4.79 Å². The number of aliphatic hydroxyl groups is 1. The third kappa shape index (κ3) is 2.43. The van der Waals surface area contributed by atoms with Crippen LogP contribution in [-0.4, -0.2) is 63.8 Å². The summed E-state index contributed by atoms with van der Waals surface area (Å²) >= 11 is 0. The van der Waals surface area contributed by atoms with Crippen LogP contribution in [-0.2, 0) is 4.79 Å². The van der Waals surface area contributed by atoms with Gasteiger partial charge in [0.05, 0.1) is 12.0 Å². The fraction of sp³-hybridized carbons (Fsp3) is 0.833. The van der Waals surface area contributed by atoms with Gasteiger partial charge in [-0.05, 0) is 26.2 Å². The van der Waals surface area contributed by atoms with Gasteiger partial charge in [-0.3, -0.25) is 4.79 Å². The quantitative estimate of drug-likeness (QED) is 0.709. The minimum absolute atomic E-state index is 0.134. The summed E-state index contributed by atoms with van der Waals surface area (Å²) in [5.74, 6) is -1.31. The van der Waals surface area contributed by atoms with Gasteiger partial charge in [0.15, 0.2) is 0 Å². The first-order chi connectivity index (χ1) is 8.50. The van der Waals surface area contributed by atoms with Crippen LogP contribution in [0.3, 0.4) is 0 Å². The molecule has 2 amide bonds. The number of β-amino-alcohol motifs (C(OH)–C–C–N with tert-alkyl or cyclic N) is 1. The summed E-state index contributed by atoms with van der Waals surface area (Å²) in [5, 5.41) is 18.6. The molecule has 2 aliphatic rings. The van der Waals surface area contributed by atoms with Crippen LogP contribution >= 0.6 is 0 Å². The van der Waals surface area contributed by atoms with Gasteiger partial charge in [0, 0.05) is 25.7 Å². The Morgan fingerprint density at radius 1 is 1.22 bits per heavy atom. The molecule has 0 aliphatic carbocycles. The van der Waals surface area contributed by atoms with Crippen LogP contribution < -0.4 is 0 Å². The molecule has 0 aromatic carbocycles. The number of nitrogens with zero attached hydrogens (tertiary/aromatic N) is 2. The summed E-state index contributed by atoms with van der Waals surface area (Å²) in [4.78, 5) is 26.5. The maximum atomic E-state index is 12.3. The Morgan fingerprint density at radius 3 is 2.50 bits per heavy atom. The highest BCUT2D eigenvalue weighted by atomic mass is 16.4. The second kappa shape index (κ2) is 5.14. The number of piperidine rings is 1. The molecule has 2 N–H and O–H groups in total. The summed E-state index contributed by atoms with van der Waals surface area (Å²) in [6, 6.07) is -0.404. The highest BCUT2D eigenvalue weighted by Gasteiger charge is 2.40. The van der Waals surface area contributed by atoms with E-state index >= 15 is 0 Å². The van der Waals surface area contributed by atoms with E-state index in [4.69, 9.17) is 5.11 Å². The van der Waals surface area contributed by atoms with E-state index in [1.807, 2.05) is 0 Å². The predicted octanol–water partition coefficient (Wildman–Crippen LogP) is 0.358. The number of carboxylic acids is 1. The third-order valence-electron chi connectivity index (χ3n) is 3.98. The van der Waals surface area contributed by atoms with Crippen molar-refractivity contribution < 1.29 is 19.8 Å². The molecule has 2 rings (SSSR count). The Bertz CT molecular complexity index is 347. The number of urea groups is 1. The molecule has 3 atom stereocenters. The first-order valence-electron chi connectivity index (χ1n) is 6.47. The molecule has 2 heterocycles. The summed E-state index contributed by atoms with van der Waals surface area (Å²) in [5.41, 5.74) is 0. The first kappa shape index (κ1) is 13.1. The lowest BCUT2D eigenvalue weighted by atomic mass is 10.0. The predicted molar refractivity (Wildman–Crippen MR) is 64.1 cm³/mol. The standard InChI is InChI=1S/C12H20N2O4/c1-8-10(11(16)17)4-6-14(8)12(18)13-5-2-3-9(15)7-13/h8-10,15H,2-7H2,1H3,(H,16,17). The van der Waals surface area contributed by atoms with Crippen LogP contribution in [0.25, 0.3) is 0 Å². The molecular weight excluding hydrogens is 236 g/mol. The van der Waals surface area contributed by atoms with E-state index in [9.17, 15) is 14.7 Å². The Labute approximate surface area is 106 Å². The summed E-state index contributed by atoms with van der Waals surface area (Å²) in [7, 11) is 0. The molecule has 0 radical (unpaired) electrons. The van der Waals surface area contributed by atoms with Crippen molar-refractivity contribution in [3.8, 4) is 0 Å². The second-order valence-electron chi connectivity index (χ2n) is 5.19. The molecule has 18 heavy (non-hydrogen) atoms. The maximum absolute atomic E-state index is 12.3. The average molecular weight is 256 g/mol. The van der Waals surface area contributed by atoms with E-state index < -0.39 is 18.0 Å². The van der Waals surface area contributed by atoms with Gasteiger partial charge in [-0.2, -0.15) is 0 Å². The molecule has 102 valence electrons. The lowest BCUT2D eigenvalue weighted by Gasteiger charge is -2.35. The zero-order chi connectivity index (χ0) is 13.3. The molecule has 0 bridgehead atoms. The Hall–Kier alpha value is -1.30. The number of likely N-dealkylation sites (tertiary alicyclic amines) is 2. The smallest absolute Gasteiger partial charge is 0.320 e. The average Bonchev–Trinajstić information content (AvgIpc) is 2.70. The van der Waals surface area contributed by atoms with E-state index in [1.165, 1.54) is 0 Å². The molecule has 3 unspecified atom stereocenters. The van der Waals surface area contributed by atoms with Gasteiger partial charge in [0.2, 0.25) is 0 Å². The van der Waals surface area contributed by atoms with Crippen LogP contribution in [0.15, 0.2) is 0 Å². The molecule has 2 fully saturated rings. The number of carboxylic acid groups (broad SMARTS) is 1. The molecule has 2 aliphatic heterocycles. The van der Waals surface area contributed by atoms with E-state index in [1.54, 1.807) is 16.7 Å². The Morgan fingerprint density at radius 2 is 1.94 bits per heavy atom. The van der Waals surface area contributed by atoms with Crippen molar-refractivity contribution in [2.45, 2.75) is 38.3 Å². The lowest BCUT2D eigenvalue weighted by molar-refractivity contribution is -0.142. The van der Waals surface area contributed by atoms with Gasteiger partial charge in [0.25, 0.3) is 0 Å². The van der Waals surface area contributed by atoms with Crippen LogP contribution in [0.5, 0.6) is 0 Å². The number of aliphatic hydroxyl groups excluding tert-OH is 1. The van der Waals surface area contributed by atoms with Gasteiger partial charge < -0.3 is 20.0 Å². The molecule has 6 heteroatoms. The topological polar surface area (TPSA) is 81.1 Å². The SMILES string of the molecule is CC1C(C(=O)O)CCN1C(=O)N1CCCC(O)C1. The number of hydrogen-bond acceptors (Lipinski definition) is 3. The van der Waals surface area contributed by atoms with Crippen molar-refractivity contribution in [2.75, 3.05) is 19.6 Å². The molecule has 0 aromatic heterocycles. The Kier molecular flexibility index (Phi) is 3.75. The van der Waals surface area contributed by atoms with E-state index in [0.717, 1.165) is 12.8 Å². The summed E-state index contributed by atoms with van der Waals surface area (Å²) < 4.78 is 0. The van der Waals surface area contributed by atoms with Gasteiger partial charge in [-0.1, -0.05) is 0 Å². The fourth-order valence-electron chi connectivity index (χ4n) is 2.85. The van der Waals surface area contributed by atoms with Crippen molar-refractivity contribution >= 4 is 12.0 Å². The molecular formula is C12H20N2O4. The zero-order valence-electron chi connectivity index (χ0n) is 10.6. The number of amides is 2. The zero-order valence-corrected chi connectivity index (χ0v) is 10.6. The van der Waals surface area contributed by atoms with E-state index in [0.29, 0.717) is 26.1 Å². The monoisotopic (exact) mass is 256 g/mol. The normalized spacial score (nSPS) is 32.7. The second-order valence-corrected chi connectivity index (χ2v) is 5.19. The molecule has 0 aromatic rings. The minimum atomic E-state index is -0.837. The van der Waals surface area contributed by atoms with Crippen LogP contribution in [0.4, 0.5) is 4.79 Å². The maximum Gasteiger partial charge on any atom is 0.320 e. The van der Waals surface area contributed by atoms with Crippen LogP contribution in [0.1, 0.15) is 26.2 Å². The lowest BCUT2D eigenvalue weighted by Crippen LogP contribution is -2.50. The van der Waals surface area contributed by atoms with Crippen molar-refractivity contribution in [2.24, 2.45) is 5.92 Å². The molecule has 0 spiro atoms.